The number of aliphatic imine (C=N–C) groups is 1. The van der Waals surface area contributed by atoms with Crippen LogP contribution in [0.2, 0.25) is 0 Å². The highest BCUT2D eigenvalue weighted by atomic mass is 32.1. The number of rotatable bonds is 5. The fourth-order valence-electron chi connectivity index (χ4n) is 2.87. The summed E-state index contributed by atoms with van der Waals surface area (Å²) in [7, 11) is 0. The number of aryl methyl sites for hydroxylation is 1. The highest BCUT2D eigenvalue weighted by molar-refractivity contribution is 7.16. The van der Waals surface area contributed by atoms with Crippen molar-refractivity contribution in [3.05, 3.63) is 55.9 Å². The lowest BCUT2D eigenvalue weighted by Gasteiger charge is -2.11. The summed E-state index contributed by atoms with van der Waals surface area (Å²) in [5, 5.41) is 11.4. The van der Waals surface area contributed by atoms with Crippen LogP contribution in [0.5, 0.6) is 0 Å². The number of carbonyl (C=O) groups is 1. The second-order valence-electron chi connectivity index (χ2n) is 5.72. The van der Waals surface area contributed by atoms with E-state index in [2.05, 4.69) is 4.99 Å². The van der Waals surface area contributed by atoms with Crippen molar-refractivity contribution in [3.63, 3.8) is 0 Å². The van der Waals surface area contributed by atoms with Gasteiger partial charge in [0.15, 0.2) is 0 Å². The number of nitro groups is 1. The lowest BCUT2D eigenvalue weighted by molar-refractivity contribution is -0.384. The highest BCUT2D eigenvalue weighted by Crippen LogP contribution is 2.40. The van der Waals surface area contributed by atoms with E-state index in [0.29, 0.717) is 17.2 Å². The first-order valence-corrected chi connectivity index (χ1v) is 9.02. The third-order valence-electron chi connectivity index (χ3n) is 4.07. The van der Waals surface area contributed by atoms with Gasteiger partial charge in [-0.2, -0.15) is 0 Å². The zero-order chi connectivity index (χ0) is 17.8. The van der Waals surface area contributed by atoms with Crippen LogP contribution in [0, 0.1) is 10.1 Å². The van der Waals surface area contributed by atoms with Crippen LogP contribution >= 0.6 is 11.3 Å². The molecular formula is C18H18N2O4S. The number of hydrogen-bond donors (Lipinski definition) is 0. The molecule has 1 aliphatic rings. The minimum absolute atomic E-state index is 0.0379. The first-order chi connectivity index (χ1) is 12.1. The first-order valence-electron chi connectivity index (χ1n) is 8.20. The number of nitro benzene ring substituents is 1. The maximum Gasteiger partial charge on any atom is 0.341 e. The fraction of sp³-hybridized carbons (Fsp3) is 0.333. The normalized spacial score (nSPS) is 13.6. The van der Waals surface area contributed by atoms with Gasteiger partial charge < -0.3 is 4.74 Å². The van der Waals surface area contributed by atoms with E-state index in [9.17, 15) is 14.9 Å². The number of nitrogens with zero attached hydrogens (tertiary/aromatic N) is 2. The quantitative estimate of drug-likeness (QED) is 0.342. The summed E-state index contributed by atoms with van der Waals surface area (Å²) >= 11 is 1.54. The third-order valence-corrected chi connectivity index (χ3v) is 5.27. The van der Waals surface area contributed by atoms with Crippen molar-refractivity contribution in [2.45, 2.75) is 32.6 Å². The zero-order valence-electron chi connectivity index (χ0n) is 13.9. The summed E-state index contributed by atoms with van der Waals surface area (Å²) in [6.45, 7) is 2.12. The average Bonchev–Trinajstić information content (AvgIpc) is 2.99. The van der Waals surface area contributed by atoms with Gasteiger partial charge in [-0.05, 0) is 55.9 Å². The lowest BCUT2D eigenvalue weighted by atomic mass is 9.95. The van der Waals surface area contributed by atoms with Crippen LogP contribution in [0.4, 0.5) is 10.7 Å². The molecule has 0 amide bonds. The van der Waals surface area contributed by atoms with E-state index in [0.717, 1.165) is 36.8 Å². The Morgan fingerprint density at radius 1 is 1.32 bits per heavy atom. The molecule has 1 aromatic heterocycles. The fourth-order valence-corrected chi connectivity index (χ4v) is 4.09. The largest absolute Gasteiger partial charge is 0.462 e. The summed E-state index contributed by atoms with van der Waals surface area (Å²) in [4.78, 5) is 28.3. The Balaban J connectivity index is 1.92. The predicted octanol–water partition coefficient (Wildman–Crippen LogP) is 4.46. The summed E-state index contributed by atoms with van der Waals surface area (Å²) in [6, 6.07) is 6.15. The molecule has 0 fully saturated rings. The maximum atomic E-state index is 12.4. The number of carbonyl (C=O) groups excluding carboxylic acids is 1. The SMILES string of the molecule is CCOC(=O)c1c(/N=C/c2ccc([N+](=O)[O-])cc2)sc2c1CCCC2. The number of ether oxygens (including phenoxy) is 1. The molecule has 1 heterocycles. The van der Waals surface area contributed by atoms with E-state index in [-0.39, 0.29) is 11.7 Å². The Hall–Kier alpha value is -2.54. The second kappa shape index (κ2) is 7.57. The molecule has 6 nitrogen and oxygen atoms in total. The van der Waals surface area contributed by atoms with Crippen molar-refractivity contribution in [1.82, 2.24) is 0 Å². The second-order valence-corrected chi connectivity index (χ2v) is 6.80. The van der Waals surface area contributed by atoms with Crippen LogP contribution in [-0.2, 0) is 17.6 Å². The number of benzene rings is 1. The molecule has 0 N–H and O–H groups in total. The Morgan fingerprint density at radius 3 is 2.72 bits per heavy atom. The van der Waals surface area contributed by atoms with Gasteiger partial charge in [-0.3, -0.25) is 10.1 Å². The summed E-state index contributed by atoms with van der Waals surface area (Å²) in [5.74, 6) is -0.322. The number of non-ortho nitro benzene ring substituents is 1. The molecule has 1 aromatic carbocycles. The minimum Gasteiger partial charge on any atom is -0.462 e. The molecule has 0 saturated carbocycles. The monoisotopic (exact) mass is 358 g/mol. The zero-order valence-corrected chi connectivity index (χ0v) is 14.7. The third kappa shape index (κ3) is 3.76. The molecule has 2 aromatic rings. The van der Waals surface area contributed by atoms with Crippen LogP contribution in [-0.4, -0.2) is 23.7 Å². The molecule has 0 unspecified atom stereocenters. The van der Waals surface area contributed by atoms with Crippen molar-refractivity contribution in [1.29, 1.82) is 0 Å². The molecule has 0 radical (unpaired) electrons. The van der Waals surface area contributed by atoms with Gasteiger partial charge in [-0.25, -0.2) is 9.79 Å². The molecule has 0 bridgehead atoms. The molecule has 25 heavy (non-hydrogen) atoms. The van der Waals surface area contributed by atoms with Gasteiger partial charge in [0.05, 0.1) is 17.1 Å². The Labute approximate surface area is 149 Å². The maximum absolute atomic E-state index is 12.4. The molecule has 0 aliphatic heterocycles. The smallest absolute Gasteiger partial charge is 0.341 e. The van der Waals surface area contributed by atoms with Crippen molar-refractivity contribution >= 4 is 34.2 Å². The minimum atomic E-state index is -0.437. The summed E-state index contributed by atoms with van der Waals surface area (Å²) < 4.78 is 5.21. The Kier molecular flexibility index (Phi) is 5.23. The van der Waals surface area contributed by atoms with Crippen LogP contribution in [0.3, 0.4) is 0 Å². The topological polar surface area (TPSA) is 81.8 Å². The van der Waals surface area contributed by atoms with E-state index < -0.39 is 4.92 Å². The van der Waals surface area contributed by atoms with Gasteiger partial charge in [0.1, 0.15) is 5.00 Å². The van der Waals surface area contributed by atoms with Gasteiger partial charge in [-0.15, -0.1) is 11.3 Å². The van der Waals surface area contributed by atoms with Crippen LogP contribution in [0.15, 0.2) is 29.3 Å². The number of fused-ring (bicyclic) bond motifs is 1. The standard InChI is InChI=1S/C18H18N2O4S/c1-2-24-18(21)16-14-5-3-4-6-15(14)25-17(16)19-11-12-7-9-13(10-8-12)20(22)23/h7-11H,2-6H2,1H3/b19-11+. The van der Waals surface area contributed by atoms with E-state index in [1.807, 2.05) is 0 Å². The Morgan fingerprint density at radius 2 is 2.04 bits per heavy atom. The highest BCUT2D eigenvalue weighted by Gasteiger charge is 2.25. The number of esters is 1. The first kappa shape index (κ1) is 17.3. The van der Waals surface area contributed by atoms with Gasteiger partial charge in [0.25, 0.3) is 5.69 Å². The lowest BCUT2D eigenvalue weighted by Crippen LogP contribution is -2.09. The van der Waals surface area contributed by atoms with Gasteiger partial charge >= 0.3 is 5.97 Å². The van der Waals surface area contributed by atoms with Crippen LogP contribution < -0.4 is 0 Å². The molecule has 0 spiro atoms. The van der Waals surface area contributed by atoms with E-state index >= 15 is 0 Å². The van der Waals surface area contributed by atoms with Gasteiger partial charge in [0, 0.05) is 23.2 Å². The molecule has 3 rings (SSSR count). The molecule has 0 atom stereocenters. The van der Waals surface area contributed by atoms with Crippen LogP contribution in [0.25, 0.3) is 0 Å². The summed E-state index contributed by atoms with van der Waals surface area (Å²) in [5.41, 5.74) is 2.44. The summed E-state index contributed by atoms with van der Waals surface area (Å²) in [6.07, 6.45) is 5.68. The van der Waals surface area contributed by atoms with Gasteiger partial charge in [0.2, 0.25) is 0 Å². The molecule has 0 saturated heterocycles. The molecular weight excluding hydrogens is 340 g/mol. The molecule has 1 aliphatic carbocycles. The van der Waals surface area contributed by atoms with E-state index in [1.54, 1.807) is 25.3 Å². The molecule has 7 heteroatoms. The predicted molar refractivity (Wildman–Crippen MR) is 97.3 cm³/mol. The van der Waals surface area contributed by atoms with Crippen molar-refractivity contribution < 1.29 is 14.5 Å². The van der Waals surface area contributed by atoms with E-state index in [1.165, 1.54) is 28.3 Å². The van der Waals surface area contributed by atoms with E-state index in [4.69, 9.17) is 4.74 Å². The van der Waals surface area contributed by atoms with Gasteiger partial charge in [-0.1, -0.05) is 0 Å². The van der Waals surface area contributed by atoms with Crippen molar-refractivity contribution in [2.75, 3.05) is 6.61 Å². The van der Waals surface area contributed by atoms with Crippen molar-refractivity contribution in [3.8, 4) is 0 Å². The number of hydrogen-bond acceptors (Lipinski definition) is 6. The van der Waals surface area contributed by atoms with Crippen LogP contribution in [0.1, 0.15) is 46.1 Å². The Bertz CT molecular complexity index is 824. The average molecular weight is 358 g/mol. The number of thiophene rings is 1. The van der Waals surface area contributed by atoms with Crippen molar-refractivity contribution in [2.24, 2.45) is 4.99 Å². The molecule has 130 valence electrons.